The second kappa shape index (κ2) is 7.89. The molecule has 3 rings (SSSR count). The highest BCUT2D eigenvalue weighted by molar-refractivity contribution is 6.30. The summed E-state index contributed by atoms with van der Waals surface area (Å²) in [6.07, 6.45) is 0. The van der Waals surface area contributed by atoms with E-state index >= 15 is 0 Å². The maximum absolute atomic E-state index is 12.8. The van der Waals surface area contributed by atoms with Crippen LogP contribution in [0, 0.1) is 6.92 Å². The van der Waals surface area contributed by atoms with Crippen molar-refractivity contribution in [3.05, 3.63) is 64.3 Å². The van der Waals surface area contributed by atoms with E-state index in [1.807, 2.05) is 0 Å². The fourth-order valence-corrected chi connectivity index (χ4v) is 3.21. The van der Waals surface area contributed by atoms with Crippen LogP contribution in [0.15, 0.2) is 42.5 Å². The molecule has 0 aliphatic heterocycles. The van der Waals surface area contributed by atoms with Crippen LogP contribution in [-0.2, 0) is 7.05 Å². The number of carboxylic acid groups (broad SMARTS) is 1. The van der Waals surface area contributed by atoms with E-state index in [0.717, 1.165) is 0 Å². The van der Waals surface area contributed by atoms with E-state index in [-0.39, 0.29) is 17.2 Å². The Morgan fingerprint density at radius 3 is 2.38 bits per heavy atom. The van der Waals surface area contributed by atoms with E-state index in [9.17, 15) is 14.7 Å². The van der Waals surface area contributed by atoms with Crippen molar-refractivity contribution < 1.29 is 19.4 Å². The minimum absolute atomic E-state index is 0.0218. The van der Waals surface area contributed by atoms with Crippen LogP contribution in [0.25, 0.3) is 11.3 Å². The fraction of sp³-hybridized carbons (Fsp3) is 0.143. The lowest BCUT2D eigenvalue weighted by Crippen LogP contribution is -2.12. The van der Waals surface area contributed by atoms with Gasteiger partial charge in [-0.05, 0) is 49.4 Å². The molecule has 0 saturated heterocycles. The molecular weight excluding hydrogens is 394 g/mol. The largest absolute Gasteiger partial charge is 0.495 e. The molecule has 150 valence electrons. The molecule has 2 aromatic carbocycles. The number of hydrogen-bond donors (Lipinski definition) is 3. The third-order valence-electron chi connectivity index (χ3n) is 4.76. The van der Waals surface area contributed by atoms with Crippen molar-refractivity contribution in [2.45, 2.75) is 6.92 Å². The smallest absolute Gasteiger partial charge is 0.336 e. The average molecular weight is 414 g/mol. The van der Waals surface area contributed by atoms with E-state index in [2.05, 4.69) is 5.32 Å². The van der Waals surface area contributed by atoms with E-state index in [4.69, 9.17) is 22.1 Å². The van der Waals surface area contributed by atoms with Gasteiger partial charge in [-0.3, -0.25) is 4.79 Å². The van der Waals surface area contributed by atoms with Gasteiger partial charge in [0.25, 0.3) is 5.91 Å². The molecule has 0 atom stereocenters. The van der Waals surface area contributed by atoms with Gasteiger partial charge in [-0.25, -0.2) is 4.79 Å². The fourth-order valence-electron chi connectivity index (χ4n) is 3.08. The number of hydrogen-bond acceptors (Lipinski definition) is 4. The van der Waals surface area contributed by atoms with Crippen molar-refractivity contribution in [3.63, 3.8) is 0 Å². The molecule has 4 N–H and O–H groups in total. The first-order valence-corrected chi connectivity index (χ1v) is 9.05. The Morgan fingerprint density at radius 1 is 1.14 bits per heavy atom. The summed E-state index contributed by atoms with van der Waals surface area (Å²) in [5.74, 6) is -1.08. The van der Waals surface area contributed by atoms with Gasteiger partial charge in [0.05, 0.1) is 23.9 Å². The molecule has 0 radical (unpaired) electrons. The maximum atomic E-state index is 12.8. The topological polar surface area (TPSA) is 107 Å². The Morgan fingerprint density at radius 2 is 1.79 bits per heavy atom. The molecule has 0 saturated carbocycles. The third-order valence-corrected chi connectivity index (χ3v) is 5.01. The van der Waals surface area contributed by atoms with Crippen LogP contribution in [0.3, 0.4) is 0 Å². The van der Waals surface area contributed by atoms with Crippen LogP contribution in [0.4, 0.5) is 11.4 Å². The van der Waals surface area contributed by atoms with Gasteiger partial charge in [-0.15, -0.1) is 0 Å². The number of ether oxygens (including phenoxy) is 1. The number of carbonyl (C=O) groups excluding carboxylic acids is 1. The van der Waals surface area contributed by atoms with Crippen LogP contribution in [0.2, 0.25) is 5.02 Å². The zero-order chi connectivity index (χ0) is 21.3. The number of aromatic nitrogens is 1. The van der Waals surface area contributed by atoms with Crippen LogP contribution >= 0.6 is 11.6 Å². The molecule has 1 amide bonds. The second-order valence-corrected chi connectivity index (χ2v) is 6.93. The normalized spacial score (nSPS) is 10.6. The Labute approximate surface area is 172 Å². The number of halogens is 1. The molecule has 0 spiro atoms. The summed E-state index contributed by atoms with van der Waals surface area (Å²) in [6.45, 7) is 1.79. The molecular formula is C21H20ClN3O4. The number of nitrogens with two attached hydrogens (primary N) is 1. The number of benzene rings is 2. The summed E-state index contributed by atoms with van der Waals surface area (Å²) in [6, 6.07) is 11.3. The van der Waals surface area contributed by atoms with E-state index in [1.165, 1.54) is 13.2 Å². The Bertz CT molecular complexity index is 1100. The lowest BCUT2D eigenvalue weighted by Gasteiger charge is -2.12. The SMILES string of the molecule is COc1cc(-c2cc(C(=O)Nc3ccc(Cl)cc3)c(C)n2C)c(C(=O)O)cc1N. The number of carboxylic acids is 1. The van der Waals surface area contributed by atoms with E-state index in [0.29, 0.717) is 39.0 Å². The van der Waals surface area contributed by atoms with Gasteiger partial charge in [0.2, 0.25) is 0 Å². The lowest BCUT2D eigenvalue weighted by molar-refractivity contribution is 0.0697. The monoisotopic (exact) mass is 413 g/mol. The van der Waals surface area contributed by atoms with Crippen molar-refractivity contribution in [1.29, 1.82) is 0 Å². The van der Waals surface area contributed by atoms with E-state index in [1.54, 1.807) is 54.9 Å². The predicted molar refractivity (Wildman–Crippen MR) is 113 cm³/mol. The Balaban J connectivity index is 2.06. The molecule has 0 aliphatic rings. The van der Waals surface area contributed by atoms with Gasteiger partial charge in [-0.1, -0.05) is 11.6 Å². The van der Waals surface area contributed by atoms with Crippen LogP contribution in [-0.4, -0.2) is 28.7 Å². The lowest BCUT2D eigenvalue weighted by atomic mass is 10.0. The van der Waals surface area contributed by atoms with Gasteiger partial charge in [0.15, 0.2) is 0 Å². The van der Waals surface area contributed by atoms with E-state index < -0.39 is 5.97 Å². The molecule has 8 heteroatoms. The number of rotatable bonds is 5. The van der Waals surface area contributed by atoms with Gasteiger partial charge >= 0.3 is 5.97 Å². The van der Waals surface area contributed by atoms with Gasteiger partial charge < -0.3 is 25.5 Å². The van der Waals surface area contributed by atoms with Crippen molar-refractivity contribution in [3.8, 4) is 17.0 Å². The molecule has 29 heavy (non-hydrogen) atoms. The number of nitrogens with zero attached hydrogens (tertiary/aromatic N) is 1. The number of carbonyl (C=O) groups is 2. The van der Waals surface area contributed by atoms with Gasteiger partial charge in [0, 0.05) is 34.7 Å². The number of amides is 1. The predicted octanol–water partition coefficient (Wildman–Crippen LogP) is 4.20. The number of aromatic carboxylic acids is 1. The molecule has 7 nitrogen and oxygen atoms in total. The number of methoxy groups -OCH3 is 1. The molecule has 1 heterocycles. The summed E-state index contributed by atoms with van der Waals surface area (Å²) in [5, 5.41) is 13.0. The Kier molecular flexibility index (Phi) is 5.52. The van der Waals surface area contributed by atoms with Gasteiger partial charge in [-0.2, -0.15) is 0 Å². The molecule has 0 aliphatic carbocycles. The average Bonchev–Trinajstić information content (AvgIpc) is 2.98. The third kappa shape index (κ3) is 3.90. The maximum Gasteiger partial charge on any atom is 0.336 e. The number of anilines is 2. The van der Waals surface area contributed by atoms with Crippen molar-refractivity contribution in [1.82, 2.24) is 4.57 Å². The van der Waals surface area contributed by atoms with Crippen LogP contribution < -0.4 is 15.8 Å². The zero-order valence-electron chi connectivity index (χ0n) is 16.1. The molecule has 1 aromatic heterocycles. The second-order valence-electron chi connectivity index (χ2n) is 6.49. The summed E-state index contributed by atoms with van der Waals surface area (Å²) >= 11 is 5.88. The Hall–Kier alpha value is -3.45. The summed E-state index contributed by atoms with van der Waals surface area (Å²) in [4.78, 5) is 24.6. The standard InChI is InChI=1S/C21H20ClN3O4/c1-11-14(20(26)24-13-6-4-12(22)5-7-13)9-18(25(11)2)15-10-19(29-3)17(23)8-16(15)21(27)28/h4-10H,23H2,1-3H3,(H,24,26)(H,27,28). The summed E-state index contributed by atoms with van der Waals surface area (Å²) < 4.78 is 7.00. The molecule has 0 unspecified atom stereocenters. The summed E-state index contributed by atoms with van der Waals surface area (Å²) in [7, 11) is 3.22. The highest BCUT2D eigenvalue weighted by Gasteiger charge is 2.22. The minimum atomic E-state index is -1.12. The van der Waals surface area contributed by atoms with Crippen LogP contribution in [0.5, 0.6) is 5.75 Å². The van der Waals surface area contributed by atoms with Crippen molar-refractivity contribution >= 4 is 34.9 Å². The first-order chi connectivity index (χ1) is 13.7. The number of nitrogens with one attached hydrogen (secondary N) is 1. The first kappa shape index (κ1) is 20.3. The zero-order valence-corrected chi connectivity index (χ0v) is 16.9. The first-order valence-electron chi connectivity index (χ1n) is 8.67. The minimum Gasteiger partial charge on any atom is -0.495 e. The van der Waals surface area contributed by atoms with Crippen molar-refractivity contribution in [2.75, 3.05) is 18.2 Å². The quantitative estimate of drug-likeness (QED) is 0.543. The number of nitrogen functional groups attached to an aromatic ring is 1. The highest BCUT2D eigenvalue weighted by Crippen LogP contribution is 2.34. The summed E-state index contributed by atoms with van der Waals surface area (Å²) in [5.41, 5.74) is 8.77. The van der Waals surface area contributed by atoms with Crippen LogP contribution in [0.1, 0.15) is 26.4 Å². The molecule has 0 fully saturated rings. The highest BCUT2D eigenvalue weighted by atomic mass is 35.5. The van der Waals surface area contributed by atoms with Gasteiger partial charge in [0.1, 0.15) is 5.75 Å². The molecule has 3 aromatic rings. The molecule has 0 bridgehead atoms. The van der Waals surface area contributed by atoms with Crippen molar-refractivity contribution in [2.24, 2.45) is 7.05 Å².